The monoisotopic (exact) mass is 193 g/mol. The summed E-state index contributed by atoms with van der Waals surface area (Å²) >= 11 is 1.52. The summed E-state index contributed by atoms with van der Waals surface area (Å²) in [6, 6.07) is 3.23. The van der Waals surface area contributed by atoms with Crippen molar-refractivity contribution in [3.05, 3.63) is 23.7 Å². The molecule has 5 heteroatoms. The van der Waals surface area contributed by atoms with Crippen LogP contribution in [0.15, 0.2) is 23.7 Å². The van der Waals surface area contributed by atoms with Crippen molar-refractivity contribution < 1.29 is 4.79 Å². The summed E-state index contributed by atoms with van der Waals surface area (Å²) in [5.41, 5.74) is 6.46. The van der Waals surface area contributed by atoms with E-state index in [1.807, 2.05) is 17.5 Å². The van der Waals surface area contributed by atoms with Crippen LogP contribution in [0.5, 0.6) is 0 Å². The standard InChI is InChI=1S/C8H7N3OS/c9-8(12)11-5-4-13-6-2-1-3-10-7(5)6/h1-4H,(H3,9,11,12). The average Bonchev–Trinajstić information content (AvgIpc) is 2.48. The average molecular weight is 193 g/mol. The van der Waals surface area contributed by atoms with Gasteiger partial charge in [-0.1, -0.05) is 0 Å². The van der Waals surface area contributed by atoms with E-state index < -0.39 is 6.03 Å². The summed E-state index contributed by atoms with van der Waals surface area (Å²) in [5.74, 6) is 0. The Hall–Kier alpha value is -1.62. The number of nitrogens with zero attached hydrogens (tertiary/aromatic N) is 1. The minimum Gasteiger partial charge on any atom is -0.351 e. The molecule has 4 nitrogen and oxygen atoms in total. The van der Waals surface area contributed by atoms with E-state index in [1.54, 1.807) is 6.20 Å². The third-order valence-electron chi connectivity index (χ3n) is 1.59. The maximum atomic E-state index is 10.6. The van der Waals surface area contributed by atoms with Gasteiger partial charge >= 0.3 is 6.03 Å². The number of hydrogen-bond acceptors (Lipinski definition) is 3. The summed E-state index contributed by atoms with van der Waals surface area (Å²) in [5, 5.41) is 4.34. The molecule has 0 saturated heterocycles. The van der Waals surface area contributed by atoms with Crippen LogP contribution in [0.4, 0.5) is 10.5 Å². The molecule has 0 bridgehead atoms. The Kier molecular flexibility index (Phi) is 1.86. The molecule has 2 aromatic rings. The van der Waals surface area contributed by atoms with Crippen LogP contribution in [0.3, 0.4) is 0 Å². The van der Waals surface area contributed by atoms with Crippen LogP contribution >= 0.6 is 11.3 Å². The van der Waals surface area contributed by atoms with Gasteiger partial charge < -0.3 is 11.1 Å². The molecule has 2 rings (SSSR count). The molecular weight excluding hydrogens is 186 g/mol. The maximum absolute atomic E-state index is 10.6. The predicted molar refractivity (Wildman–Crippen MR) is 52.8 cm³/mol. The third kappa shape index (κ3) is 1.46. The Balaban J connectivity index is 2.51. The van der Waals surface area contributed by atoms with Crippen molar-refractivity contribution in [1.82, 2.24) is 4.98 Å². The highest BCUT2D eigenvalue weighted by molar-refractivity contribution is 7.17. The molecule has 0 aromatic carbocycles. The minimum atomic E-state index is -0.564. The van der Waals surface area contributed by atoms with E-state index >= 15 is 0 Å². The van der Waals surface area contributed by atoms with Gasteiger partial charge in [-0.15, -0.1) is 11.3 Å². The number of rotatable bonds is 1. The van der Waals surface area contributed by atoms with Gasteiger partial charge in [-0.2, -0.15) is 0 Å². The maximum Gasteiger partial charge on any atom is 0.316 e. The number of hydrogen-bond donors (Lipinski definition) is 2. The van der Waals surface area contributed by atoms with Crippen molar-refractivity contribution in [2.24, 2.45) is 5.73 Å². The van der Waals surface area contributed by atoms with Gasteiger partial charge in [0.2, 0.25) is 0 Å². The van der Waals surface area contributed by atoms with Gasteiger partial charge in [0.05, 0.1) is 10.4 Å². The Morgan fingerprint density at radius 3 is 3.23 bits per heavy atom. The fraction of sp³-hybridized carbons (Fsp3) is 0. The molecule has 2 aromatic heterocycles. The number of pyridine rings is 1. The van der Waals surface area contributed by atoms with E-state index in [1.165, 1.54) is 11.3 Å². The van der Waals surface area contributed by atoms with Crippen molar-refractivity contribution in [2.75, 3.05) is 5.32 Å². The molecule has 66 valence electrons. The second-order valence-corrected chi connectivity index (χ2v) is 3.40. The molecule has 0 aliphatic carbocycles. The molecule has 3 N–H and O–H groups in total. The zero-order valence-corrected chi connectivity index (χ0v) is 7.47. The number of fused-ring (bicyclic) bond motifs is 1. The molecule has 13 heavy (non-hydrogen) atoms. The number of thiophene rings is 1. The predicted octanol–water partition coefficient (Wildman–Crippen LogP) is 1.79. The summed E-state index contributed by atoms with van der Waals surface area (Å²) < 4.78 is 1.03. The molecule has 0 fully saturated rings. The number of carbonyl (C=O) groups is 1. The number of aromatic nitrogens is 1. The number of carbonyl (C=O) groups excluding carboxylic acids is 1. The van der Waals surface area contributed by atoms with Crippen molar-refractivity contribution in [1.29, 1.82) is 0 Å². The summed E-state index contributed by atoms with van der Waals surface area (Å²) in [4.78, 5) is 14.7. The van der Waals surface area contributed by atoms with Crippen LogP contribution in [0.25, 0.3) is 10.2 Å². The van der Waals surface area contributed by atoms with E-state index in [4.69, 9.17) is 5.73 Å². The molecule has 0 spiro atoms. The molecule has 0 radical (unpaired) electrons. The van der Waals surface area contributed by atoms with Gasteiger partial charge in [0.1, 0.15) is 5.52 Å². The molecule has 2 amide bonds. The van der Waals surface area contributed by atoms with Gasteiger partial charge in [0.15, 0.2) is 0 Å². The quantitative estimate of drug-likeness (QED) is 0.724. The van der Waals surface area contributed by atoms with E-state index in [0.29, 0.717) is 5.69 Å². The Morgan fingerprint density at radius 2 is 2.46 bits per heavy atom. The second-order valence-electron chi connectivity index (χ2n) is 2.49. The first-order valence-corrected chi connectivity index (χ1v) is 4.54. The highest BCUT2D eigenvalue weighted by Crippen LogP contribution is 2.27. The Labute approximate surface area is 78.4 Å². The Morgan fingerprint density at radius 1 is 1.62 bits per heavy atom. The van der Waals surface area contributed by atoms with Crippen LogP contribution in [0.1, 0.15) is 0 Å². The second kappa shape index (κ2) is 3.02. The first kappa shape index (κ1) is 8.00. The van der Waals surface area contributed by atoms with Gasteiger partial charge in [-0.25, -0.2) is 4.79 Å². The summed E-state index contributed by atoms with van der Waals surface area (Å²) in [6.45, 7) is 0. The van der Waals surface area contributed by atoms with Gasteiger partial charge in [-0.05, 0) is 12.1 Å². The van der Waals surface area contributed by atoms with E-state index in [9.17, 15) is 4.79 Å². The molecule has 0 saturated carbocycles. The van der Waals surface area contributed by atoms with Crippen molar-refractivity contribution >= 4 is 33.3 Å². The number of nitrogens with two attached hydrogens (primary N) is 1. The first-order chi connectivity index (χ1) is 6.27. The number of primary amides is 1. The van der Waals surface area contributed by atoms with Crippen molar-refractivity contribution in [3.63, 3.8) is 0 Å². The zero-order valence-electron chi connectivity index (χ0n) is 6.65. The lowest BCUT2D eigenvalue weighted by Crippen LogP contribution is -2.18. The molecule has 2 heterocycles. The minimum absolute atomic E-state index is 0.564. The largest absolute Gasteiger partial charge is 0.351 e. The number of amides is 2. The highest BCUT2D eigenvalue weighted by Gasteiger charge is 2.05. The number of nitrogens with one attached hydrogen (secondary N) is 1. The third-order valence-corrected chi connectivity index (χ3v) is 2.52. The number of urea groups is 1. The molecule has 0 unspecified atom stereocenters. The van der Waals surface area contributed by atoms with Gasteiger partial charge in [0, 0.05) is 11.6 Å². The first-order valence-electron chi connectivity index (χ1n) is 3.66. The lowest BCUT2D eigenvalue weighted by Gasteiger charge is -1.96. The van der Waals surface area contributed by atoms with Crippen LogP contribution in [0, 0.1) is 0 Å². The van der Waals surface area contributed by atoms with Crippen LogP contribution in [-0.2, 0) is 0 Å². The van der Waals surface area contributed by atoms with Crippen molar-refractivity contribution in [2.45, 2.75) is 0 Å². The van der Waals surface area contributed by atoms with E-state index in [-0.39, 0.29) is 0 Å². The molecule has 0 atom stereocenters. The molecular formula is C8H7N3OS. The lowest BCUT2D eigenvalue weighted by atomic mass is 10.4. The van der Waals surface area contributed by atoms with Crippen molar-refractivity contribution in [3.8, 4) is 0 Å². The molecule has 0 aliphatic rings. The zero-order chi connectivity index (χ0) is 9.26. The Bertz CT molecular complexity index is 451. The molecule has 0 aliphatic heterocycles. The normalized spacial score (nSPS) is 10.2. The van der Waals surface area contributed by atoms with Crippen LogP contribution in [0.2, 0.25) is 0 Å². The summed E-state index contributed by atoms with van der Waals surface area (Å²) in [7, 11) is 0. The lowest BCUT2D eigenvalue weighted by molar-refractivity contribution is 0.259. The fourth-order valence-corrected chi connectivity index (χ4v) is 1.93. The summed E-state index contributed by atoms with van der Waals surface area (Å²) in [6.07, 6.45) is 1.68. The highest BCUT2D eigenvalue weighted by atomic mass is 32.1. The van der Waals surface area contributed by atoms with E-state index in [2.05, 4.69) is 10.3 Å². The topological polar surface area (TPSA) is 68.0 Å². The van der Waals surface area contributed by atoms with E-state index in [0.717, 1.165) is 10.2 Å². The van der Waals surface area contributed by atoms with Crippen LogP contribution < -0.4 is 11.1 Å². The number of anilines is 1. The van der Waals surface area contributed by atoms with Gasteiger partial charge in [-0.3, -0.25) is 4.98 Å². The SMILES string of the molecule is NC(=O)Nc1csc2cccnc12. The fourth-order valence-electron chi connectivity index (χ4n) is 1.09. The van der Waals surface area contributed by atoms with Gasteiger partial charge in [0.25, 0.3) is 0 Å². The smallest absolute Gasteiger partial charge is 0.316 e. The van der Waals surface area contributed by atoms with Crippen LogP contribution in [-0.4, -0.2) is 11.0 Å².